The van der Waals surface area contributed by atoms with Crippen LogP contribution in [0.15, 0.2) is 10.7 Å². The highest BCUT2D eigenvalue weighted by molar-refractivity contribution is 9.10. The van der Waals surface area contributed by atoms with Crippen molar-refractivity contribution in [2.45, 2.75) is 52.6 Å². The van der Waals surface area contributed by atoms with E-state index in [0.717, 1.165) is 41.5 Å². The Morgan fingerprint density at radius 2 is 2.06 bits per heavy atom. The average molecular weight is 313 g/mol. The van der Waals surface area contributed by atoms with Gasteiger partial charge < -0.3 is 4.74 Å². The van der Waals surface area contributed by atoms with Crippen LogP contribution in [0.25, 0.3) is 0 Å². The van der Waals surface area contributed by atoms with Crippen molar-refractivity contribution in [3.8, 4) is 5.88 Å². The lowest BCUT2D eigenvalue weighted by Crippen LogP contribution is -2.29. The summed E-state index contributed by atoms with van der Waals surface area (Å²) in [6, 6.07) is 1.86. The maximum atomic E-state index is 6.02. The van der Waals surface area contributed by atoms with Gasteiger partial charge in [-0.1, -0.05) is 20.8 Å². The molecule has 0 saturated heterocycles. The van der Waals surface area contributed by atoms with Crippen LogP contribution in [0.3, 0.4) is 0 Å². The molecule has 1 aliphatic rings. The van der Waals surface area contributed by atoms with Gasteiger partial charge in [0.1, 0.15) is 16.5 Å². The summed E-state index contributed by atoms with van der Waals surface area (Å²) >= 11 is 3.41. The minimum Gasteiger partial charge on any atom is -0.474 e. The molecule has 2 rings (SSSR count). The molecule has 0 radical (unpaired) electrons. The van der Waals surface area contributed by atoms with Gasteiger partial charge in [-0.2, -0.15) is 4.98 Å². The summed E-state index contributed by atoms with van der Waals surface area (Å²) < 4.78 is 6.82. The van der Waals surface area contributed by atoms with Gasteiger partial charge in [0, 0.05) is 12.5 Å². The fourth-order valence-corrected chi connectivity index (χ4v) is 2.84. The highest BCUT2D eigenvalue weighted by Crippen LogP contribution is 2.31. The minimum atomic E-state index is 0.308. The number of halogens is 1. The van der Waals surface area contributed by atoms with Gasteiger partial charge >= 0.3 is 0 Å². The largest absolute Gasteiger partial charge is 0.474 e. The normalized spacial score (nSPS) is 28.1. The molecule has 1 aliphatic carbocycles. The summed E-state index contributed by atoms with van der Waals surface area (Å²) in [4.78, 5) is 8.72. The molecule has 1 aromatic rings. The minimum absolute atomic E-state index is 0.308. The maximum Gasteiger partial charge on any atom is 0.217 e. The van der Waals surface area contributed by atoms with Crippen molar-refractivity contribution in [3.05, 3.63) is 16.5 Å². The highest BCUT2D eigenvalue weighted by Gasteiger charge is 2.26. The standard InChI is InChI=1S/C14H21BrN2O/c1-4-13-16-12(15)8-14(17-13)18-11-6-5-9(2)10(3)7-11/h8-11H,4-7H2,1-3H3. The first-order valence-corrected chi connectivity index (χ1v) is 7.58. The predicted octanol–water partition coefficient (Wildman–Crippen LogP) is 4.01. The van der Waals surface area contributed by atoms with Gasteiger partial charge in [0.15, 0.2) is 0 Å². The zero-order valence-corrected chi connectivity index (χ0v) is 12.9. The quantitative estimate of drug-likeness (QED) is 0.791. The van der Waals surface area contributed by atoms with Crippen LogP contribution in [-0.4, -0.2) is 16.1 Å². The van der Waals surface area contributed by atoms with Crippen LogP contribution in [0, 0.1) is 11.8 Å². The summed E-state index contributed by atoms with van der Waals surface area (Å²) in [5, 5.41) is 0. The van der Waals surface area contributed by atoms with Gasteiger partial charge in [0.25, 0.3) is 0 Å². The number of ether oxygens (including phenoxy) is 1. The van der Waals surface area contributed by atoms with E-state index in [9.17, 15) is 0 Å². The summed E-state index contributed by atoms with van der Waals surface area (Å²) in [6.45, 7) is 6.70. The molecule has 3 atom stereocenters. The van der Waals surface area contributed by atoms with E-state index >= 15 is 0 Å². The molecule has 0 bridgehead atoms. The fraction of sp³-hybridized carbons (Fsp3) is 0.714. The van der Waals surface area contributed by atoms with Crippen LogP contribution >= 0.6 is 15.9 Å². The third-order valence-corrected chi connectivity index (χ3v) is 4.28. The van der Waals surface area contributed by atoms with Gasteiger partial charge in [-0.05, 0) is 47.0 Å². The van der Waals surface area contributed by atoms with Crippen molar-refractivity contribution >= 4 is 15.9 Å². The number of aryl methyl sites for hydroxylation is 1. The second-order valence-corrected chi connectivity index (χ2v) is 6.12. The summed E-state index contributed by atoms with van der Waals surface area (Å²) in [5.41, 5.74) is 0. The van der Waals surface area contributed by atoms with Gasteiger partial charge in [-0.3, -0.25) is 0 Å². The summed E-state index contributed by atoms with van der Waals surface area (Å²) in [7, 11) is 0. The van der Waals surface area contributed by atoms with Crippen LogP contribution in [0.4, 0.5) is 0 Å². The Kier molecular flexibility index (Phi) is 4.60. The van der Waals surface area contributed by atoms with Crippen molar-refractivity contribution in [1.82, 2.24) is 9.97 Å². The molecule has 1 heterocycles. The zero-order valence-electron chi connectivity index (χ0n) is 11.3. The number of hydrogen-bond acceptors (Lipinski definition) is 3. The van der Waals surface area contributed by atoms with E-state index in [0.29, 0.717) is 12.0 Å². The van der Waals surface area contributed by atoms with E-state index in [4.69, 9.17) is 4.74 Å². The molecule has 0 aliphatic heterocycles. The second kappa shape index (κ2) is 6.00. The van der Waals surface area contributed by atoms with E-state index < -0.39 is 0 Å². The first-order chi connectivity index (χ1) is 8.58. The van der Waals surface area contributed by atoms with E-state index in [-0.39, 0.29) is 0 Å². The Morgan fingerprint density at radius 1 is 1.28 bits per heavy atom. The molecule has 0 N–H and O–H groups in total. The Bertz CT molecular complexity index is 411. The van der Waals surface area contributed by atoms with Crippen molar-refractivity contribution in [2.24, 2.45) is 11.8 Å². The van der Waals surface area contributed by atoms with E-state index in [2.05, 4.69) is 46.7 Å². The van der Waals surface area contributed by atoms with Gasteiger partial charge in [0.2, 0.25) is 5.88 Å². The average Bonchev–Trinajstić information content (AvgIpc) is 2.33. The number of nitrogens with zero attached hydrogens (tertiary/aromatic N) is 2. The summed E-state index contributed by atoms with van der Waals surface area (Å²) in [5.74, 6) is 3.09. The molecule has 3 nitrogen and oxygen atoms in total. The molecular formula is C14H21BrN2O. The van der Waals surface area contributed by atoms with Gasteiger partial charge in [-0.15, -0.1) is 0 Å². The molecule has 4 heteroatoms. The van der Waals surface area contributed by atoms with Gasteiger partial charge in [0.05, 0.1) is 0 Å². The number of rotatable bonds is 3. The first kappa shape index (κ1) is 13.8. The summed E-state index contributed by atoms with van der Waals surface area (Å²) in [6.07, 6.45) is 4.65. The van der Waals surface area contributed by atoms with E-state index in [1.54, 1.807) is 0 Å². The molecule has 3 unspecified atom stereocenters. The van der Waals surface area contributed by atoms with E-state index in [1.165, 1.54) is 6.42 Å². The van der Waals surface area contributed by atoms with Crippen molar-refractivity contribution < 1.29 is 4.74 Å². The van der Waals surface area contributed by atoms with Crippen molar-refractivity contribution in [1.29, 1.82) is 0 Å². The molecule has 1 fully saturated rings. The SMILES string of the molecule is CCc1nc(Br)cc(OC2CCC(C)C(C)C2)n1. The smallest absolute Gasteiger partial charge is 0.217 e. The highest BCUT2D eigenvalue weighted by atomic mass is 79.9. The lowest BCUT2D eigenvalue weighted by molar-refractivity contribution is 0.0960. The Hall–Kier alpha value is -0.640. The second-order valence-electron chi connectivity index (χ2n) is 5.31. The van der Waals surface area contributed by atoms with Crippen LogP contribution in [0.5, 0.6) is 5.88 Å². The van der Waals surface area contributed by atoms with Crippen LogP contribution < -0.4 is 4.74 Å². The molecule has 0 aromatic carbocycles. The maximum absolute atomic E-state index is 6.02. The van der Waals surface area contributed by atoms with Crippen molar-refractivity contribution in [2.75, 3.05) is 0 Å². The molecule has 1 aromatic heterocycles. The van der Waals surface area contributed by atoms with Crippen molar-refractivity contribution in [3.63, 3.8) is 0 Å². The monoisotopic (exact) mass is 312 g/mol. The number of aromatic nitrogens is 2. The van der Waals surface area contributed by atoms with Crippen LogP contribution in [0.1, 0.15) is 45.9 Å². The Morgan fingerprint density at radius 3 is 2.72 bits per heavy atom. The zero-order chi connectivity index (χ0) is 13.1. The first-order valence-electron chi connectivity index (χ1n) is 6.78. The predicted molar refractivity (Wildman–Crippen MR) is 75.7 cm³/mol. The molecule has 0 amide bonds. The van der Waals surface area contributed by atoms with Gasteiger partial charge in [-0.25, -0.2) is 4.98 Å². The lowest BCUT2D eigenvalue weighted by Gasteiger charge is -2.31. The third kappa shape index (κ3) is 3.44. The molecule has 18 heavy (non-hydrogen) atoms. The third-order valence-electron chi connectivity index (χ3n) is 3.87. The van der Waals surface area contributed by atoms with Crippen LogP contribution in [-0.2, 0) is 6.42 Å². The molecule has 0 spiro atoms. The van der Waals surface area contributed by atoms with E-state index in [1.807, 2.05) is 6.07 Å². The number of hydrogen-bond donors (Lipinski definition) is 0. The lowest BCUT2D eigenvalue weighted by atomic mass is 9.80. The molecular weight excluding hydrogens is 292 g/mol. The Balaban J connectivity index is 2.03. The topological polar surface area (TPSA) is 35.0 Å². The van der Waals surface area contributed by atoms with Crippen LogP contribution in [0.2, 0.25) is 0 Å². The fourth-order valence-electron chi connectivity index (χ4n) is 2.44. The molecule has 100 valence electrons. The Labute approximate surface area is 117 Å². The molecule has 1 saturated carbocycles.